The predicted octanol–water partition coefficient (Wildman–Crippen LogP) is 9.17. The highest BCUT2D eigenvalue weighted by atomic mass is 16.3. The van der Waals surface area contributed by atoms with Crippen molar-refractivity contribution in [3.05, 3.63) is 48.6 Å². The largest absolute Gasteiger partial charge is 0.394 e. The third-order valence-corrected chi connectivity index (χ3v) is 8.47. The molecular weight excluding hydrogens is 574 g/mol. The lowest BCUT2D eigenvalue weighted by Crippen LogP contribution is -2.53. The first-order valence-electron chi connectivity index (χ1n) is 19.0. The summed E-state index contributed by atoms with van der Waals surface area (Å²) < 4.78 is 0. The fourth-order valence-corrected chi connectivity index (χ4v) is 5.36. The van der Waals surface area contributed by atoms with Crippen LogP contribution in [0.3, 0.4) is 0 Å². The molecule has 4 unspecified atom stereocenters. The van der Waals surface area contributed by atoms with Gasteiger partial charge in [0.1, 0.15) is 12.2 Å². The summed E-state index contributed by atoms with van der Waals surface area (Å²) in [5.74, 6) is -0.614. The number of aliphatic hydroxyl groups is 4. The number of carbonyl (C=O) groups excluding carboxylic acids is 1. The van der Waals surface area contributed by atoms with Crippen LogP contribution in [0.4, 0.5) is 0 Å². The Morgan fingerprint density at radius 2 is 0.935 bits per heavy atom. The monoisotopic (exact) mass is 648 g/mol. The van der Waals surface area contributed by atoms with Crippen molar-refractivity contribution in [3.63, 3.8) is 0 Å². The molecule has 0 saturated heterocycles. The maximum Gasteiger partial charge on any atom is 0.249 e. The molecule has 0 aromatic heterocycles. The van der Waals surface area contributed by atoms with Gasteiger partial charge < -0.3 is 25.7 Å². The second-order valence-corrected chi connectivity index (χ2v) is 12.9. The van der Waals surface area contributed by atoms with Gasteiger partial charge in [-0.1, -0.05) is 133 Å². The van der Waals surface area contributed by atoms with Crippen LogP contribution in [0.5, 0.6) is 0 Å². The van der Waals surface area contributed by atoms with Crippen LogP contribution in [0.15, 0.2) is 48.6 Å². The molecular formula is C40H73NO5. The summed E-state index contributed by atoms with van der Waals surface area (Å²) in [6.07, 6.45) is 40.0. The van der Waals surface area contributed by atoms with Crippen molar-refractivity contribution in [2.24, 2.45) is 0 Å². The van der Waals surface area contributed by atoms with Gasteiger partial charge in [0.05, 0.1) is 18.8 Å². The Balaban J connectivity index is 3.91. The second kappa shape index (κ2) is 34.6. The van der Waals surface area contributed by atoms with Crippen LogP contribution in [0.1, 0.15) is 168 Å². The molecule has 0 heterocycles. The number of rotatable bonds is 33. The molecule has 0 aromatic carbocycles. The highest BCUT2D eigenvalue weighted by Crippen LogP contribution is 2.13. The van der Waals surface area contributed by atoms with Gasteiger partial charge in [0, 0.05) is 0 Å². The highest BCUT2D eigenvalue weighted by Gasteiger charge is 2.28. The van der Waals surface area contributed by atoms with E-state index in [9.17, 15) is 25.2 Å². The lowest BCUT2D eigenvalue weighted by atomic mass is 10.00. The molecule has 268 valence electrons. The molecule has 1 amide bonds. The average molecular weight is 648 g/mol. The Morgan fingerprint density at radius 3 is 1.43 bits per heavy atom. The molecule has 0 fully saturated rings. The zero-order valence-corrected chi connectivity index (χ0v) is 29.8. The first-order chi connectivity index (χ1) is 22.5. The number of amides is 1. The number of unbranched alkanes of at least 4 members (excludes halogenated alkanes) is 16. The standard InChI is InChI=1S/C40H73NO5/c1-3-5-7-9-11-13-15-16-17-18-19-20-21-22-23-24-26-27-29-31-33-37(43)39(45)36(35-42)41-40(46)38(44)34-32-30-28-25-14-12-10-8-6-4-2/h10,12,17-18,21-22,26-27,36-39,42-45H,3-9,11,13-16,19-20,23-25,28-35H2,1-2H3,(H,41,46)/b12-10-,18-17+,22-21+,27-26+. The summed E-state index contributed by atoms with van der Waals surface area (Å²) in [6, 6.07) is -1.01. The van der Waals surface area contributed by atoms with Crippen LogP contribution in [0.2, 0.25) is 0 Å². The summed E-state index contributed by atoms with van der Waals surface area (Å²) in [6.45, 7) is 3.95. The van der Waals surface area contributed by atoms with Crippen LogP contribution in [-0.2, 0) is 4.79 Å². The van der Waals surface area contributed by atoms with E-state index in [0.717, 1.165) is 70.6 Å². The second-order valence-electron chi connectivity index (χ2n) is 12.9. The van der Waals surface area contributed by atoms with E-state index in [4.69, 9.17) is 0 Å². The Morgan fingerprint density at radius 1 is 0.522 bits per heavy atom. The topological polar surface area (TPSA) is 110 Å². The minimum Gasteiger partial charge on any atom is -0.394 e. The molecule has 0 rings (SSSR count). The Hall–Kier alpha value is -1.73. The molecule has 5 N–H and O–H groups in total. The van der Waals surface area contributed by atoms with E-state index in [1.54, 1.807) is 0 Å². The minimum atomic E-state index is -1.30. The number of hydrogen-bond donors (Lipinski definition) is 5. The van der Waals surface area contributed by atoms with Gasteiger partial charge in [-0.3, -0.25) is 4.79 Å². The van der Waals surface area contributed by atoms with E-state index in [-0.39, 0.29) is 0 Å². The van der Waals surface area contributed by atoms with E-state index in [1.165, 1.54) is 64.2 Å². The van der Waals surface area contributed by atoms with E-state index in [0.29, 0.717) is 19.3 Å². The van der Waals surface area contributed by atoms with Crippen molar-refractivity contribution >= 4 is 5.91 Å². The highest BCUT2D eigenvalue weighted by molar-refractivity contribution is 5.80. The molecule has 6 heteroatoms. The lowest BCUT2D eigenvalue weighted by Gasteiger charge is -2.27. The van der Waals surface area contributed by atoms with Crippen molar-refractivity contribution in [1.29, 1.82) is 0 Å². The summed E-state index contributed by atoms with van der Waals surface area (Å²) >= 11 is 0. The number of hydrogen-bond acceptors (Lipinski definition) is 5. The first-order valence-corrected chi connectivity index (χ1v) is 19.0. The van der Waals surface area contributed by atoms with Gasteiger partial charge >= 0.3 is 0 Å². The number of nitrogens with one attached hydrogen (secondary N) is 1. The molecule has 6 nitrogen and oxygen atoms in total. The van der Waals surface area contributed by atoms with E-state index >= 15 is 0 Å². The third kappa shape index (κ3) is 28.5. The smallest absolute Gasteiger partial charge is 0.249 e. The quantitative estimate of drug-likeness (QED) is 0.0360. The molecule has 0 radical (unpaired) electrons. The van der Waals surface area contributed by atoms with Gasteiger partial charge in [-0.25, -0.2) is 0 Å². The molecule has 0 saturated carbocycles. The van der Waals surface area contributed by atoms with Crippen LogP contribution in [0.25, 0.3) is 0 Å². The molecule has 0 aromatic rings. The molecule has 0 aliphatic heterocycles. The van der Waals surface area contributed by atoms with Gasteiger partial charge in [0.15, 0.2) is 0 Å². The first kappa shape index (κ1) is 44.3. The number of aliphatic hydroxyl groups excluding tert-OH is 4. The zero-order valence-electron chi connectivity index (χ0n) is 29.8. The van der Waals surface area contributed by atoms with Gasteiger partial charge in [-0.05, 0) is 83.5 Å². The van der Waals surface area contributed by atoms with Gasteiger partial charge in [-0.15, -0.1) is 0 Å². The fraction of sp³-hybridized carbons (Fsp3) is 0.775. The maximum atomic E-state index is 12.4. The molecule has 0 bridgehead atoms. The van der Waals surface area contributed by atoms with E-state index in [2.05, 4.69) is 67.8 Å². The Bertz CT molecular complexity index is 778. The van der Waals surface area contributed by atoms with Crippen molar-refractivity contribution in [2.45, 2.75) is 192 Å². The molecule has 0 aliphatic rings. The van der Waals surface area contributed by atoms with Crippen LogP contribution < -0.4 is 5.32 Å². The summed E-state index contributed by atoms with van der Waals surface area (Å²) in [4.78, 5) is 12.4. The van der Waals surface area contributed by atoms with Crippen molar-refractivity contribution in [2.75, 3.05) is 6.61 Å². The summed E-state index contributed by atoms with van der Waals surface area (Å²) in [5.41, 5.74) is 0. The minimum absolute atomic E-state index is 0.341. The summed E-state index contributed by atoms with van der Waals surface area (Å²) in [5, 5.41) is 43.3. The molecule has 4 atom stereocenters. The van der Waals surface area contributed by atoms with E-state index < -0.39 is 36.9 Å². The Labute approximate surface area is 283 Å². The normalized spacial score (nSPS) is 15.0. The van der Waals surface area contributed by atoms with Gasteiger partial charge in [-0.2, -0.15) is 0 Å². The number of carbonyl (C=O) groups is 1. The molecule has 46 heavy (non-hydrogen) atoms. The third-order valence-electron chi connectivity index (χ3n) is 8.47. The van der Waals surface area contributed by atoms with Crippen LogP contribution >= 0.6 is 0 Å². The predicted molar refractivity (Wildman–Crippen MR) is 196 cm³/mol. The molecule has 0 aliphatic carbocycles. The fourth-order valence-electron chi connectivity index (χ4n) is 5.36. The van der Waals surface area contributed by atoms with Gasteiger partial charge in [0.25, 0.3) is 0 Å². The average Bonchev–Trinajstić information content (AvgIpc) is 3.06. The van der Waals surface area contributed by atoms with E-state index in [1.807, 2.05) is 0 Å². The summed E-state index contributed by atoms with van der Waals surface area (Å²) in [7, 11) is 0. The zero-order chi connectivity index (χ0) is 33.9. The van der Waals surface area contributed by atoms with Crippen LogP contribution in [-0.4, -0.2) is 57.3 Å². The van der Waals surface area contributed by atoms with Crippen molar-refractivity contribution in [3.8, 4) is 0 Å². The SMILES string of the molecule is CCCC/C=C\CCCCCCC(O)C(=O)NC(CO)C(O)C(O)CCC/C=C/CC/C=C/CC/C=C/CCCCCCCCC. The lowest BCUT2D eigenvalue weighted by molar-refractivity contribution is -0.132. The maximum absolute atomic E-state index is 12.4. The van der Waals surface area contributed by atoms with Crippen LogP contribution in [0, 0.1) is 0 Å². The van der Waals surface area contributed by atoms with Gasteiger partial charge in [0.2, 0.25) is 5.91 Å². The van der Waals surface area contributed by atoms with Crippen molar-refractivity contribution in [1.82, 2.24) is 5.32 Å². The Kier molecular flexibility index (Phi) is 33.3. The molecule has 0 spiro atoms. The van der Waals surface area contributed by atoms with Crippen molar-refractivity contribution < 1.29 is 25.2 Å². The number of allylic oxidation sites excluding steroid dienone is 8.